The smallest absolute Gasteiger partial charge is 0.320 e. The van der Waals surface area contributed by atoms with Crippen molar-refractivity contribution < 1.29 is 18.3 Å². The Kier molecular flexibility index (Phi) is 5.11. The number of morpholine rings is 1. The molecule has 9 nitrogen and oxygen atoms in total. The Morgan fingerprint density at radius 2 is 1.79 bits per heavy atom. The highest BCUT2D eigenvalue weighted by Crippen LogP contribution is 2.18. The molecule has 1 saturated heterocycles. The predicted molar refractivity (Wildman–Crippen MR) is 99.2 cm³/mol. The molecule has 0 unspecified atom stereocenters. The van der Waals surface area contributed by atoms with Gasteiger partial charge in [-0.05, 0) is 36.4 Å². The second-order valence-electron chi connectivity index (χ2n) is 6.00. The fourth-order valence-corrected chi connectivity index (χ4v) is 2.65. The van der Waals surface area contributed by atoms with Crippen molar-refractivity contribution in [1.82, 2.24) is 15.2 Å². The normalized spacial score (nSPS) is 14.0. The fourth-order valence-electron chi connectivity index (χ4n) is 2.65. The van der Waals surface area contributed by atoms with Gasteiger partial charge in [-0.1, -0.05) is 5.10 Å². The minimum atomic E-state index is -0.555. The molecule has 2 N–H and O–H groups in total. The van der Waals surface area contributed by atoms with E-state index in [0.717, 1.165) is 18.9 Å². The molecule has 1 aliphatic heterocycles. The first-order valence-corrected chi connectivity index (χ1v) is 8.63. The number of pyridine rings is 1. The van der Waals surface area contributed by atoms with E-state index in [-0.39, 0.29) is 17.7 Å². The zero-order chi connectivity index (χ0) is 19.3. The van der Waals surface area contributed by atoms with Crippen LogP contribution < -0.4 is 15.5 Å². The molecule has 0 atom stereocenters. The number of aromatic nitrogens is 3. The van der Waals surface area contributed by atoms with Crippen LogP contribution in [0.3, 0.4) is 0 Å². The number of nitrogens with zero attached hydrogens (tertiary/aromatic N) is 4. The van der Waals surface area contributed by atoms with Crippen LogP contribution in [0.4, 0.5) is 27.6 Å². The van der Waals surface area contributed by atoms with Crippen molar-refractivity contribution in [2.24, 2.45) is 0 Å². The van der Waals surface area contributed by atoms with Crippen molar-refractivity contribution in [2.75, 3.05) is 41.8 Å². The molecule has 1 aromatic carbocycles. The molecule has 1 fully saturated rings. The zero-order valence-corrected chi connectivity index (χ0v) is 14.8. The zero-order valence-electron chi connectivity index (χ0n) is 14.8. The number of amides is 1. The summed E-state index contributed by atoms with van der Waals surface area (Å²) in [5.41, 5.74) is 1.06. The number of hydrogen-bond acceptors (Lipinski definition) is 8. The van der Waals surface area contributed by atoms with Crippen LogP contribution in [0, 0.1) is 5.82 Å². The van der Waals surface area contributed by atoms with Crippen LogP contribution in [0.25, 0.3) is 0 Å². The standard InChI is InChI=1S/C18H17FN6O3/c19-12-1-3-13(4-2-12)22-18-24-23-17(28-18)16(26)21-14-5-6-15(20-11-14)25-7-9-27-10-8-25/h1-6,11H,7-10H2,(H,21,26)(H,22,24). The van der Waals surface area contributed by atoms with Gasteiger partial charge in [-0.25, -0.2) is 9.37 Å². The van der Waals surface area contributed by atoms with Gasteiger partial charge in [0.25, 0.3) is 0 Å². The summed E-state index contributed by atoms with van der Waals surface area (Å²) in [7, 11) is 0. The van der Waals surface area contributed by atoms with E-state index in [1.54, 1.807) is 12.3 Å². The van der Waals surface area contributed by atoms with Gasteiger partial charge in [0, 0.05) is 18.8 Å². The quantitative estimate of drug-likeness (QED) is 0.691. The maximum Gasteiger partial charge on any atom is 0.320 e. The largest absolute Gasteiger partial charge is 0.399 e. The maximum absolute atomic E-state index is 12.9. The molecule has 1 amide bonds. The molecule has 0 saturated carbocycles. The fraction of sp³-hybridized carbons (Fsp3) is 0.222. The van der Waals surface area contributed by atoms with Crippen molar-refractivity contribution in [1.29, 1.82) is 0 Å². The topological polar surface area (TPSA) is 105 Å². The van der Waals surface area contributed by atoms with Gasteiger partial charge in [-0.15, -0.1) is 5.10 Å². The molecule has 28 heavy (non-hydrogen) atoms. The molecule has 10 heteroatoms. The molecule has 4 rings (SSSR count). The summed E-state index contributed by atoms with van der Waals surface area (Å²) in [6.45, 7) is 2.91. The molecule has 3 heterocycles. The summed E-state index contributed by atoms with van der Waals surface area (Å²) in [4.78, 5) is 18.7. The lowest BCUT2D eigenvalue weighted by Gasteiger charge is -2.27. The Morgan fingerprint density at radius 1 is 1.04 bits per heavy atom. The van der Waals surface area contributed by atoms with Crippen LogP contribution in [-0.4, -0.2) is 47.4 Å². The Hall–Kier alpha value is -3.53. The average Bonchev–Trinajstić information content (AvgIpc) is 3.20. The molecule has 0 spiro atoms. The molecule has 3 aromatic rings. The number of halogens is 1. The average molecular weight is 384 g/mol. The molecule has 144 valence electrons. The third-order valence-electron chi connectivity index (χ3n) is 4.06. The predicted octanol–water partition coefficient (Wildman–Crippen LogP) is 2.44. The van der Waals surface area contributed by atoms with Gasteiger partial charge in [0.05, 0.1) is 25.1 Å². The summed E-state index contributed by atoms with van der Waals surface area (Å²) in [5, 5.41) is 12.9. The van der Waals surface area contributed by atoms with Gasteiger partial charge in [0.15, 0.2) is 0 Å². The van der Waals surface area contributed by atoms with Gasteiger partial charge in [-0.3, -0.25) is 4.79 Å². The van der Waals surface area contributed by atoms with E-state index in [4.69, 9.17) is 9.15 Å². The van der Waals surface area contributed by atoms with Crippen LogP contribution in [-0.2, 0) is 4.74 Å². The Morgan fingerprint density at radius 3 is 2.50 bits per heavy atom. The van der Waals surface area contributed by atoms with Crippen molar-refractivity contribution in [3.63, 3.8) is 0 Å². The molecule has 0 aliphatic carbocycles. The van der Waals surface area contributed by atoms with E-state index < -0.39 is 5.91 Å². The number of carbonyl (C=O) groups is 1. The SMILES string of the molecule is O=C(Nc1ccc(N2CCOCC2)nc1)c1nnc(Nc2ccc(F)cc2)o1. The monoisotopic (exact) mass is 384 g/mol. The molecule has 1 aliphatic rings. The van der Waals surface area contributed by atoms with E-state index in [9.17, 15) is 9.18 Å². The Balaban J connectivity index is 1.37. The maximum atomic E-state index is 12.9. The highest BCUT2D eigenvalue weighted by Gasteiger charge is 2.16. The summed E-state index contributed by atoms with van der Waals surface area (Å²) in [5.74, 6) is -0.295. The second-order valence-corrected chi connectivity index (χ2v) is 6.00. The minimum absolute atomic E-state index is 0.0255. The number of nitrogens with one attached hydrogen (secondary N) is 2. The van der Waals surface area contributed by atoms with E-state index in [2.05, 4.69) is 30.7 Å². The minimum Gasteiger partial charge on any atom is -0.399 e. The molecular formula is C18H17FN6O3. The van der Waals surface area contributed by atoms with E-state index in [1.165, 1.54) is 24.3 Å². The molecule has 2 aromatic heterocycles. The van der Waals surface area contributed by atoms with Gasteiger partial charge < -0.3 is 24.7 Å². The number of rotatable bonds is 5. The third kappa shape index (κ3) is 4.23. The first kappa shape index (κ1) is 17.9. The van der Waals surface area contributed by atoms with Crippen LogP contribution in [0.15, 0.2) is 47.0 Å². The lowest BCUT2D eigenvalue weighted by atomic mass is 10.3. The third-order valence-corrected chi connectivity index (χ3v) is 4.06. The van der Waals surface area contributed by atoms with Gasteiger partial charge >= 0.3 is 17.8 Å². The lowest BCUT2D eigenvalue weighted by Crippen LogP contribution is -2.36. The van der Waals surface area contributed by atoms with Crippen molar-refractivity contribution >= 4 is 29.1 Å². The number of hydrogen-bond donors (Lipinski definition) is 2. The van der Waals surface area contributed by atoms with Crippen LogP contribution in [0.5, 0.6) is 0 Å². The van der Waals surface area contributed by atoms with Crippen molar-refractivity contribution in [3.05, 3.63) is 54.3 Å². The highest BCUT2D eigenvalue weighted by atomic mass is 19.1. The Labute approximate surface area is 159 Å². The number of benzene rings is 1. The van der Waals surface area contributed by atoms with Crippen LogP contribution in [0.2, 0.25) is 0 Å². The number of anilines is 4. The molecule has 0 bridgehead atoms. The van der Waals surface area contributed by atoms with E-state index in [0.29, 0.717) is 24.6 Å². The summed E-state index contributed by atoms with van der Waals surface area (Å²) in [6, 6.07) is 9.22. The molecular weight excluding hydrogens is 367 g/mol. The van der Waals surface area contributed by atoms with E-state index in [1.807, 2.05) is 6.07 Å². The lowest BCUT2D eigenvalue weighted by molar-refractivity contribution is 0.0991. The van der Waals surface area contributed by atoms with Crippen LogP contribution in [0.1, 0.15) is 10.7 Å². The number of carbonyl (C=O) groups excluding carboxylic acids is 1. The first-order valence-electron chi connectivity index (χ1n) is 8.63. The van der Waals surface area contributed by atoms with Gasteiger partial charge in [0.1, 0.15) is 11.6 Å². The van der Waals surface area contributed by atoms with Crippen molar-refractivity contribution in [2.45, 2.75) is 0 Å². The summed E-state index contributed by atoms with van der Waals surface area (Å²) < 4.78 is 23.5. The van der Waals surface area contributed by atoms with Crippen molar-refractivity contribution in [3.8, 4) is 0 Å². The highest BCUT2D eigenvalue weighted by molar-refractivity contribution is 6.00. The van der Waals surface area contributed by atoms with Gasteiger partial charge in [0.2, 0.25) is 0 Å². The summed E-state index contributed by atoms with van der Waals surface area (Å²) >= 11 is 0. The summed E-state index contributed by atoms with van der Waals surface area (Å²) in [6.07, 6.45) is 1.57. The van der Waals surface area contributed by atoms with E-state index >= 15 is 0 Å². The second kappa shape index (κ2) is 8.01. The first-order chi connectivity index (χ1) is 13.7. The Bertz CT molecular complexity index is 939. The van der Waals surface area contributed by atoms with Crippen LogP contribution >= 0.6 is 0 Å². The molecule has 0 radical (unpaired) electrons. The van der Waals surface area contributed by atoms with Gasteiger partial charge in [-0.2, -0.15) is 0 Å². The number of ether oxygens (including phenoxy) is 1.